The first-order valence-electron chi connectivity index (χ1n) is 8.46. The highest BCUT2D eigenvalue weighted by atomic mass is 32.1. The van der Waals surface area contributed by atoms with Gasteiger partial charge in [-0.15, -0.1) is 24.5 Å². The van der Waals surface area contributed by atoms with Crippen LogP contribution in [0.1, 0.15) is 22.3 Å². The minimum atomic E-state index is -4.80. The number of nitrogens with zero attached hydrogens (tertiary/aromatic N) is 2. The fourth-order valence-electron chi connectivity index (χ4n) is 3.13. The lowest BCUT2D eigenvalue weighted by molar-refractivity contribution is -0.274. The van der Waals surface area contributed by atoms with Gasteiger partial charge in [-0.2, -0.15) is 0 Å². The highest BCUT2D eigenvalue weighted by Gasteiger charge is 2.38. The molecular weight excluding hydrogens is 397 g/mol. The Hall–Kier alpha value is -2.30. The quantitative estimate of drug-likeness (QED) is 0.783. The number of aliphatic hydroxyl groups excluding tert-OH is 2. The maximum atomic E-state index is 12.9. The first kappa shape index (κ1) is 20.4. The number of hydrogen-bond donors (Lipinski definition) is 2. The molecule has 2 heterocycles. The Bertz CT molecular complexity index is 884. The fourth-order valence-corrected chi connectivity index (χ4v) is 4.40. The van der Waals surface area contributed by atoms with Crippen LogP contribution in [-0.2, 0) is 0 Å². The molecule has 3 rings (SSSR count). The standard InChI is InChI=1S/C18H19F3N2O4S/c1-10-13-15(25)23(7-4-8-24)17(26)22(2)16(13)28-14(10)11-5-3-6-12(9-11)27-18(19,20)21/h3,5-6,9,17,24,26H,4,7-8H2,1-2H3. The van der Waals surface area contributed by atoms with Crippen LogP contribution in [0.25, 0.3) is 10.4 Å². The van der Waals surface area contributed by atoms with Gasteiger partial charge in [0.1, 0.15) is 10.8 Å². The molecule has 0 aliphatic carbocycles. The van der Waals surface area contributed by atoms with Gasteiger partial charge in [0, 0.05) is 25.1 Å². The lowest BCUT2D eigenvalue weighted by Crippen LogP contribution is -2.53. The highest BCUT2D eigenvalue weighted by Crippen LogP contribution is 2.45. The van der Waals surface area contributed by atoms with Crippen molar-refractivity contribution in [3.05, 3.63) is 35.4 Å². The van der Waals surface area contributed by atoms with Crippen LogP contribution in [0.4, 0.5) is 18.2 Å². The molecule has 6 nitrogen and oxygen atoms in total. The van der Waals surface area contributed by atoms with Crippen molar-refractivity contribution in [2.45, 2.75) is 26.1 Å². The van der Waals surface area contributed by atoms with Gasteiger partial charge in [0.2, 0.25) is 6.35 Å². The summed E-state index contributed by atoms with van der Waals surface area (Å²) in [5.41, 5.74) is 1.49. The predicted octanol–water partition coefficient (Wildman–Crippen LogP) is 3.17. The number of rotatable bonds is 5. The number of alkyl halides is 3. The van der Waals surface area contributed by atoms with Crippen LogP contribution in [0.2, 0.25) is 0 Å². The minimum Gasteiger partial charge on any atom is -0.406 e. The monoisotopic (exact) mass is 416 g/mol. The van der Waals surface area contributed by atoms with E-state index in [0.29, 0.717) is 33.0 Å². The van der Waals surface area contributed by atoms with Crippen molar-refractivity contribution in [1.29, 1.82) is 0 Å². The number of ether oxygens (including phenoxy) is 1. The van der Waals surface area contributed by atoms with Crippen molar-refractivity contribution < 1.29 is 32.9 Å². The normalized spacial score (nSPS) is 17.1. The average molecular weight is 416 g/mol. The Kier molecular flexibility index (Phi) is 5.55. The number of aliphatic hydroxyl groups is 2. The Labute approximate surface area is 163 Å². The van der Waals surface area contributed by atoms with Gasteiger partial charge in [0.15, 0.2) is 0 Å². The number of anilines is 1. The first-order valence-corrected chi connectivity index (χ1v) is 9.28. The van der Waals surface area contributed by atoms with E-state index in [-0.39, 0.29) is 24.8 Å². The van der Waals surface area contributed by atoms with Gasteiger partial charge in [0.05, 0.1) is 5.56 Å². The summed E-state index contributed by atoms with van der Waals surface area (Å²) in [6.45, 7) is 1.78. The predicted molar refractivity (Wildman–Crippen MR) is 98.3 cm³/mol. The van der Waals surface area contributed by atoms with Crippen molar-refractivity contribution >= 4 is 22.2 Å². The van der Waals surface area contributed by atoms with Gasteiger partial charge in [-0.1, -0.05) is 12.1 Å². The zero-order valence-electron chi connectivity index (χ0n) is 15.2. The van der Waals surface area contributed by atoms with E-state index in [1.807, 2.05) is 0 Å². The average Bonchev–Trinajstić information content (AvgIpc) is 2.96. The Morgan fingerprint density at radius 3 is 2.68 bits per heavy atom. The minimum absolute atomic E-state index is 0.118. The molecule has 1 aliphatic rings. The van der Waals surface area contributed by atoms with E-state index >= 15 is 0 Å². The molecule has 1 amide bonds. The summed E-state index contributed by atoms with van der Waals surface area (Å²) in [5, 5.41) is 20.0. The SMILES string of the molecule is Cc1c(-c2cccc(OC(F)(F)F)c2)sc2c1C(=O)N(CCCO)C(O)N2C. The molecule has 1 atom stereocenters. The smallest absolute Gasteiger partial charge is 0.406 e. The summed E-state index contributed by atoms with van der Waals surface area (Å²) in [6.07, 6.45) is -5.66. The molecule has 0 radical (unpaired) electrons. The van der Waals surface area contributed by atoms with Gasteiger partial charge in [0.25, 0.3) is 5.91 Å². The highest BCUT2D eigenvalue weighted by molar-refractivity contribution is 7.20. The number of hydrogen-bond acceptors (Lipinski definition) is 6. The van der Waals surface area contributed by atoms with E-state index in [9.17, 15) is 23.1 Å². The summed E-state index contributed by atoms with van der Waals surface area (Å²) in [5.74, 6) is -0.725. The zero-order valence-corrected chi connectivity index (χ0v) is 16.0. The van der Waals surface area contributed by atoms with Gasteiger partial charge < -0.3 is 19.8 Å². The van der Waals surface area contributed by atoms with Crippen molar-refractivity contribution in [3.8, 4) is 16.2 Å². The molecule has 0 saturated carbocycles. The van der Waals surface area contributed by atoms with Gasteiger partial charge in [-0.3, -0.25) is 9.69 Å². The number of carbonyl (C=O) groups is 1. The number of carbonyl (C=O) groups excluding carboxylic acids is 1. The number of halogens is 3. The second-order valence-corrected chi connectivity index (χ2v) is 7.34. The van der Waals surface area contributed by atoms with Crippen LogP contribution in [-0.4, -0.2) is 53.9 Å². The fraction of sp³-hybridized carbons (Fsp3) is 0.389. The molecule has 2 aromatic rings. The molecule has 2 N–H and O–H groups in total. The molecule has 0 saturated heterocycles. The molecule has 1 aromatic carbocycles. The summed E-state index contributed by atoms with van der Waals surface area (Å²) >= 11 is 1.22. The van der Waals surface area contributed by atoms with Gasteiger partial charge in [-0.05, 0) is 36.6 Å². The number of thiophene rings is 1. The molecule has 0 fully saturated rings. The molecule has 28 heavy (non-hydrogen) atoms. The molecule has 0 spiro atoms. The number of fused-ring (bicyclic) bond motifs is 1. The van der Waals surface area contributed by atoms with Crippen molar-refractivity contribution in [1.82, 2.24) is 4.90 Å². The van der Waals surface area contributed by atoms with E-state index in [4.69, 9.17) is 5.11 Å². The molecule has 1 aliphatic heterocycles. The van der Waals surface area contributed by atoms with Crippen LogP contribution in [0.15, 0.2) is 24.3 Å². The summed E-state index contributed by atoms with van der Waals surface area (Å²) in [7, 11) is 1.63. The third kappa shape index (κ3) is 3.80. The first-order chi connectivity index (χ1) is 13.1. The maximum Gasteiger partial charge on any atom is 0.573 e. The second-order valence-electron chi connectivity index (χ2n) is 6.34. The summed E-state index contributed by atoms with van der Waals surface area (Å²) < 4.78 is 41.5. The van der Waals surface area contributed by atoms with Crippen molar-refractivity contribution in [2.24, 2.45) is 0 Å². The lowest BCUT2D eigenvalue weighted by atomic mass is 10.0. The van der Waals surface area contributed by atoms with Crippen LogP contribution < -0.4 is 9.64 Å². The van der Waals surface area contributed by atoms with E-state index in [2.05, 4.69) is 4.74 Å². The lowest BCUT2D eigenvalue weighted by Gasteiger charge is -2.39. The van der Waals surface area contributed by atoms with Crippen LogP contribution >= 0.6 is 11.3 Å². The van der Waals surface area contributed by atoms with Crippen molar-refractivity contribution in [3.63, 3.8) is 0 Å². The Morgan fingerprint density at radius 1 is 1.32 bits per heavy atom. The molecule has 1 aromatic heterocycles. The van der Waals surface area contributed by atoms with Crippen LogP contribution in [0, 0.1) is 6.92 Å². The summed E-state index contributed by atoms with van der Waals surface area (Å²) in [4.78, 5) is 16.3. The molecular formula is C18H19F3N2O4S. The molecule has 152 valence electrons. The van der Waals surface area contributed by atoms with Gasteiger partial charge in [-0.25, -0.2) is 0 Å². The Morgan fingerprint density at radius 2 is 2.04 bits per heavy atom. The molecule has 10 heteroatoms. The zero-order chi connectivity index (χ0) is 20.6. The van der Waals surface area contributed by atoms with Crippen LogP contribution in [0.3, 0.4) is 0 Å². The third-order valence-electron chi connectivity index (χ3n) is 4.44. The number of benzene rings is 1. The number of amides is 1. The molecule has 0 bridgehead atoms. The van der Waals surface area contributed by atoms with E-state index < -0.39 is 12.7 Å². The van der Waals surface area contributed by atoms with Gasteiger partial charge >= 0.3 is 6.36 Å². The van der Waals surface area contributed by atoms with Crippen LogP contribution in [0.5, 0.6) is 5.75 Å². The van der Waals surface area contributed by atoms with E-state index in [0.717, 1.165) is 0 Å². The summed E-state index contributed by atoms with van der Waals surface area (Å²) in [6, 6.07) is 5.56. The largest absolute Gasteiger partial charge is 0.573 e. The molecule has 1 unspecified atom stereocenters. The van der Waals surface area contributed by atoms with Crippen molar-refractivity contribution in [2.75, 3.05) is 25.1 Å². The van der Waals surface area contributed by atoms with E-state index in [1.165, 1.54) is 39.3 Å². The topological polar surface area (TPSA) is 73.2 Å². The third-order valence-corrected chi connectivity index (χ3v) is 5.87. The maximum absolute atomic E-state index is 12.9. The van der Waals surface area contributed by atoms with E-state index in [1.54, 1.807) is 20.0 Å². The Balaban J connectivity index is 2.02. The second kappa shape index (κ2) is 7.61.